The van der Waals surface area contributed by atoms with Crippen LogP contribution in [0.3, 0.4) is 0 Å². The molecule has 0 fully saturated rings. The van der Waals surface area contributed by atoms with Crippen LogP contribution in [0.5, 0.6) is 5.75 Å². The molecule has 0 aliphatic rings. The van der Waals surface area contributed by atoms with Crippen molar-refractivity contribution in [3.05, 3.63) is 65.6 Å². The van der Waals surface area contributed by atoms with Crippen LogP contribution in [0.25, 0.3) is 0 Å². The number of rotatable bonds is 4. The van der Waals surface area contributed by atoms with E-state index in [1.807, 2.05) is 6.92 Å². The summed E-state index contributed by atoms with van der Waals surface area (Å²) in [6.45, 7) is 1.85. The molecule has 2 aromatic rings. The number of nitrogens with zero attached hydrogens (tertiary/aromatic N) is 1. The Morgan fingerprint density at radius 1 is 1.26 bits per heavy atom. The first kappa shape index (κ1) is 16.0. The average molecular weight is 311 g/mol. The van der Waals surface area contributed by atoms with Gasteiger partial charge in [0.2, 0.25) is 0 Å². The molecular weight excluding hydrogens is 297 g/mol. The maximum atomic E-state index is 12.8. The van der Waals surface area contributed by atoms with Crippen LogP contribution in [-0.4, -0.2) is 11.0 Å². The fraction of sp³-hybridized carbons (Fsp3) is 0.0588. The van der Waals surface area contributed by atoms with Crippen LogP contribution in [0.2, 0.25) is 0 Å². The van der Waals surface area contributed by atoms with E-state index in [0.29, 0.717) is 11.4 Å². The second kappa shape index (κ2) is 7.09. The topological polar surface area (TPSA) is 85.2 Å². The van der Waals surface area contributed by atoms with Crippen molar-refractivity contribution < 1.29 is 14.3 Å². The Morgan fingerprint density at radius 3 is 2.61 bits per heavy atom. The smallest absolute Gasteiger partial charge is 0.267 e. The minimum atomic E-state index is -0.640. The highest BCUT2D eigenvalue weighted by atomic mass is 19.1. The summed E-state index contributed by atoms with van der Waals surface area (Å²) in [5.41, 5.74) is 1.48. The Labute approximate surface area is 132 Å². The summed E-state index contributed by atoms with van der Waals surface area (Å²) in [7, 11) is 0. The lowest BCUT2D eigenvalue weighted by molar-refractivity contribution is -0.112. The quantitative estimate of drug-likeness (QED) is 0.459. The van der Waals surface area contributed by atoms with Gasteiger partial charge in [-0.05, 0) is 48.9 Å². The molecule has 0 heterocycles. The average Bonchev–Trinajstić information content (AvgIpc) is 2.53. The molecule has 23 heavy (non-hydrogen) atoms. The van der Waals surface area contributed by atoms with E-state index in [9.17, 15) is 14.3 Å². The summed E-state index contributed by atoms with van der Waals surface area (Å²) in [6.07, 6.45) is 1.20. The molecule has 3 N–H and O–H groups in total. The van der Waals surface area contributed by atoms with Crippen molar-refractivity contribution in [1.29, 1.82) is 5.26 Å². The molecule has 5 nitrogen and oxygen atoms in total. The number of amides is 1. The van der Waals surface area contributed by atoms with Crippen molar-refractivity contribution in [2.75, 3.05) is 10.6 Å². The zero-order valence-electron chi connectivity index (χ0n) is 12.3. The Morgan fingerprint density at radius 2 is 1.96 bits per heavy atom. The lowest BCUT2D eigenvalue weighted by Gasteiger charge is -2.07. The molecule has 0 aromatic heterocycles. The number of anilines is 2. The molecule has 0 unspecified atom stereocenters. The lowest BCUT2D eigenvalue weighted by Crippen LogP contribution is -2.14. The van der Waals surface area contributed by atoms with Crippen molar-refractivity contribution in [3.8, 4) is 11.8 Å². The Bertz CT molecular complexity index is 792. The van der Waals surface area contributed by atoms with Crippen LogP contribution < -0.4 is 10.6 Å². The first-order chi connectivity index (χ1) is 11.0. The van der Waals surface area contributed by atoms with E-state index < -0.39 is 11.7 Å². The van der Waals surface area contributed by atoms with E-state index in [1.165, 1.54) is 36.5 Å². The maximum Gasteiger partial charge on any atom is 0.267 e. The minimum Gasteiger partial charge on any atom is -0.506 e. The Hall–Kier alpha value is -3.33. The van der Waals surface area contributed by atoms with E-state index >= 15 is 0 Å². The lowest BCUT2D eigenvalue weighted by atomic mass is 10.2. The number of halogens is 1. The molecule has 1 amide bonds. The fourth-order valence-electron chi connectivity index (χ4n) is 1.80. The zero-order valence-corrected chi connectivity index (χ0v) is 12.3. The number of carbonyl (C=O) groups excluding carboxylic acids is 1. The number of aryl methyl sites for hydroxylation is 1. The molecule has 0 aliphatic heterocycles. The van der Waals surface area contributed by atoms with Crippen LogP contribution in [0.15, 0.2) is 54.2 Å². The van der Waals surface area contributed by atoms with Gasteiger partial charge < -0.3 is 15.7 Å². The number of hydrogen-bond acceptors (Lipinski definition) is 4. The summed E-state index contributed by atoms with van der Waals surface area (Å²) in [6, 6.07) is 11.9. The molecule has 0 saturated carbocycles. The largest absolute Gasteiger partial charge is 0.506 e. The number of phenols is 1. The number of hydrogen-bond donors (Lipinski definition) is 3. The molecule has 0 spiro atoms. The van der Waals surface area contributed by atoms with Crippen molar-refractivity contribution in [2.24, 2.45) is 0 Å². The third-order valence-corrected chi connectivity index (χ3v) is 2.99. The fourth-order valence-corrected chi connectivity index (χ4v) is 1.80. The Balaban J connectivity index is 2.12. The highest BCUT2D eigenvalue weighted by Crippen LogP contribution is 2.24. The van der Waals surface area contributed by atoms with Crippen LogP contribution in [0.4, 0.5) is 15.8 Å². The standard InChI is InChI=1S/C17H14FN3O2/c1-11-2-7-16(22)15(8-11)20-10-12(9-19)17(23)21-14-5-3-13(18)4-6-14/h2-8,10,20,22H,1H3,(H,21,23)/b12-10-. The van der Waals surface area contributed by atoms with Crippen molar-refractivity contribution in [1.82, 2.24) is 0 Å². The first-order valence-electron chi connectivity index (χ1n) is 6.73. The van der Waals surface area contributed by atoms with E-state index in [1.54, 1.807) is 18.2 Å². The van der Waals surface area contributed by atoms with Crippen molar-refractivity contribution in [3.63, 3.8) is 0 Å². The van der Waals surface area contributed by atoms with E-state index in [-0.39, 0.29) is 11.3 Å². The van der Waals surface area contributed by atoms with Gasteiger partial charge in [0.25, 0.3) is 5.91 Å². The van der Waals surface area contributed by atoms with Gasteiger partial charge in [0.05, 0.1) is 5.69 Å². The number of nitrogens with one attached hydrogen (secondary N) is 2. The predicted octanol–water partition coefficient (Wildman–Crippen LogP) is 3.30. The molecule has 6 heteroatoms. The summed E-state index contributed by atoms with van der Waals surface area (Å²) >= 11 is 0. The molecule has 2 rings (SSSR count). The second-order valence-electron chi connectivity index (χ2n) is 4.80. The van der Waals surface area contributed by atoms with Gasteiger partial charge in [0, 0.05) is 11.9 Å². The molecule has 0 aliphatic carbocycles. The van der Waals surface area contributed by atoms with E-state index in [2.05, 4.69) is 10.6 Å². The number of nitriles is 1. The normalized spacial score (nSPS) is 10.7. The third kappa shape index (κ3) is 4.32. The minimum absolute atomic E-state index is 0.00285. The maximum absolute atomic E-state index is 12.8. The number of aromatic hydroxyl groups is 1. The highest BCUT2D eigenvalue weighted by Gasteiger charge is 2.10. The van der Waals surface area contributed by atoms with E-state index in [0.717, 1.165) is 5.56 Å². The number of carbonyl (C=O) groups is 1. The third-order valence-electron chi connectivity index (χ3n) is 2.99. The number of benzene rings is 2. The molecule has 0 bridgehead atoms. The second-order valence-corrected chi connectivity index (χ2v) is 4.80. The molecule has 2 aromatic carbocycles. The van der Waals surface area contributed by atoms with Crippen LogP contribution in [0.1, 0.15) is 5.56 Å². The molecule has 0 saturated heterocycles. The summed E-state index contributed by atoms with van der Waals surface area (Å²) in [4.78, 5) is 12.0. The molecular formula is C17H14FN3O2. The van der Waals surface area contributed by atoms with Gasteiger partial charge in [-0.25, -0.2) is 4.39 Å². The van der Waals surface area contributed by atoms with Crippen LogP contribution in [0, 0.1) is 24.1 Å². The van der Waals surface area contributed by atoms with Gasteiger partial charge >= 0.3 is 0 Å². The van der Waals surface area contributed by atoms with Crippen LogP contribution in [-0.2, 0) is 4.79 Å². The first-order valence-corrected chi connectivity index (χ1v) is 6.73. The highest BCUT2D eigenvalue weighted by molar-refractivity contribution is 6.06. The monoisotopic (exact) mass is 311 g/mol. The predicted molar refractivity (Wildman–Crippen MR) is 85.2 cm³/mol. The Kier molecular flexibility index (Phi) is 4.95. The molecule has 116 valence electrons. The molecule has 0 radical (unpaired) electrons. The van der Waals surface area contributed by atoms with Crippen LogP contribution >= 0.6 is 0 Å². The van der Waals surface area contributed by atoms with Crippen molar-refractivity contribution in [2.45, 2.75) is 6.92 Å². The van der Waals surface area contributed by atoms with Crippen molar-refractivity contribution >= 4 is 17.3 Å². The SMILES string of the molecule is Cc1ccc(O)c(N/C=C(/C#N)C(=O)Nc2ccc(F)cc2)c1. The molecule has 0 atom stereocenters. The zero-order chi connectivity index (χ0) is 16.8. The van der Waals surface area contributed by atoms with Gasteiger partial charge in [-0.1, -0.05) is 6.07 Å². The van der Waals surface area contributed by atoms with Gasteiger partial charge in [-0.3, -0.25) is 4.79 Å². The summed E-state index contributed by atoms with van der Waals surface area (Å²) in [5, 5.41) is 24.0. The van der Waals surface area contributed by atoms with Gasteiger partial charge in [0.1, 0.15) is 23.2 Å². The van der Waals surface area contributed by atoms with Gasteiger partial charge in [0.15, 0.2) is 0 Å². The summed E-state index contributed by atoms with van der Waals surface area (Å²) < 4.78 is 12.8. The van der Waals surface area contributed by atoms with Gasteiger partial charge in [-0.2, -0.15) is 5.26 Å². The number of phenolic OH excluding ortho intramolecular Hbond substituents is 1. The van der Waals surface area contributed by atoms with E-state index in [4.69, 9.17) is 5.26 Å². The van der Waals surface area contributed by atoms with Gasteiger partial charge in [-0.15, -0.1) is 0 Å². The summed E-state index contributed by atoms with van der Waals surface area (Å²) in [5.74, 6) is -1.06.